The predicted octanol–water partition coefficient (Wildman–Crippen LogP) is -0.233. The van der Waals surface area contributed by atoms with E-state index in [0.29, 0.717) is 13.1 Å². The molecule has 0 unspecified atom stereocenters. The Bertz CT molecular complexity index is 222. The summed E-state index contributed by atoms with van der Waals surface area (Å²) >= 11 is 0. The predicted molar refractivity (Wildman–Crippen MR) is 46.7 cm³/mol. The van der Waals surface area contributed by atoms with Crippen LogP contribution in [0.25, 0.3) is 0 Å². The van der Waals surface area contributed by atoms with E-state index in [1.807, 2.05) is 10.7 Å². The first-order valence-electron chi connectivity index (χ1n) is 4.20. The summed E-state index contributed by atoms with van der Waals surface area (Å²) in [5.41, 5.74) is 6.54. The van der Waals surface area contributed by atoms with Crippen LogP contribution in [0.15, 0.2) is 12.3 Å². The van der Waals surface area contributed by atoms with Crippen molar-refractivity contribution in [1.82, 2.24) is 9.78 Å². The van der Waals surface area contributed by atoms with Crippen molar-refractivity contribution >= 4 is 0 Å². The van der Waals surface area contributed by atoms with Crippen molar-refractivity contribution in [2.45, 2.75) is 19.4 Å². The maximum atomic E-state index is 8.70. The van der Waals surface area contributed by atoms with E-state index in [4.69, 9.17) is 10.8 Å². The highest BCUT2D eigenvalue weighted by atomic mass is 16.3. The van der Waals surface area contributed by atoms with Crippen molar-refractivity contribution in [2.24, 2.45) is 5.73 Å². The maximum Gasteiger partial charge on any atom is 0.0643 e. The number of aliphatic hydroxyl groups excluding tert-OH is 1. The Hall–Kier alpha value is -0.870. The summed E-state index contributed by atoms with van der Waals surface area (Å²) < 4.78 is 1.82. The monoisotopic (exact) mass is 169 g/mol. The minimum Gasteiger partial charge on any atom is -0.394 e. The van der Waals surface area contributed by atoms with Crippen LogP contribution in [0.4, 0.5) is 0 Å². The molecule has 1 aromatic rings. The lowest BCUT2D eigenvalue weighted by Crippen LogP contribution is -2.09. The van der Waals surface area contributed by atoms with Crippen LogP contribution in [0.5, 0.6) is 0 Å². The highest BCUT2D eigenvalue weighted by molar-refractivity contribution is 5.00. The molecule has 0 aromatic carbocycles. The van der Waals surface area contributed by atoms with Gasteiger partial charge in [0.2, 0.25) is 0 Å². The summed E-state index contributed by atoms with van der Waals surface area (Å²) in [5, 5.41) is 12.8. The topological polar surface area (TPSA) is 64.1 Å². The normalized spacial score (nSPS) is 10.5. The van der Waals surface area contributed by atoms with Crippen molar-refractivity contribution in [3.05, 3.63) is 18.0 Å². The molecule has 1 rings (SSSR count). The number of aliphatic hydroxyl groups is 1. The van der Waals surface area contributed by atoms with Gasteiger partial charge in [-0.2, -0.15) is 5.10 Å². The van der Waals surface area contributed by atoms with Gasteiger partial charge in [-0.3, -0.25) is 4.68 Å². The SMILES string of the molecule is NCCCc1ccnn1CCO. The van der Waals surface area contributed by atoms with Gasteiger partial charge in [-0.05, 0) is 25.5 Å². The average molecular weight is 169 g/mol. The third-order valence-electron chi connectivity index (χ3n) is 1.75. The van der Waals surface area contributed by atoms with Gasteiger partial charge in [-0.25, -0.2) is 0 Å². The first kappa shape index (κ1) is 9.22. The Morgan fingerprint density at radius 3 is 3.08 bits per heavy atom. The number of rotatable bonds is 5. The van der Waals surface area contributed by atoms with Gasteiger partial charge in [0.15, 0.2) is 0 Å². The molecule has 0 radical (unpaired) electrons. The second kappa shape index (κ2) is 4.90. The molecule has 4 heteroatoms. The van der Waals surface area contributed by atoms with Gasteiger partial charge in [0, 0.05) is 11.9 Å². The van der Waals surface area contributed by atoms with Crippen molar-refractivity contribution < 1.29 is 5.11 Å². The van der Waals surface area contributed by atoms with Gasteiger partial charge in [0.05, 0.1) is 13.2 Å². The molecule has 68 valence electrons. The van der Waals surface area contributed by atoms with Crippen LogP contribution < -0.4 is 5.73 Å². The van der Waals surface area contributed by atoms with E-state index in [0.717, 1.165) is 18.5 Å². The van der Waals surface area contributed by atoms with Gasteiger partial charge < -0.3 is 10.8 Å². The molecule has 0 atom stereocenters. The Labute approximate surface area is 72.0 Å². The number of aryl methyl sites for hydroxylation is 1. The zero-order valence-electron chi connectivity index (χ0n) is 7.11. The van der Waals surface area contributed by atoms with Crippen LogP contribution in [0.3, 0.4) is 0 Å². The van der Waals surface area contributed by atoms with Gasteiger partial charge >= 0.3 is 0 Å². The van der Waals surface area contributed by atoms with Gasteiger partial charge in [-0.1, -0.05) is 0 Å². The molecule has 0 aliphatic rings. The summed E-state index contributed by atoms with van der Waals surface area (Å²) in [6, 6.07) is 1.96. The smallest absolute Gasteiger partial charge is 0.0643 e. The molecule has 12 heavy (non-hydrogen) atoms. The zero-order chi connectivity index (χ0) is 8.81. The lowest BCUT2D eigenvalue weighted by molar-refractivity contribution is 0.267. The van der Waals surface area contributed by atoms with Crippen LogP contribution >= 0.6 is 0 Å². The Kier molecular flexibility index (Phi) is 3.76. The van der Waals surface area contributed by atoms with Crippen LogP contribution in [0, 0.1) is 0 Å². The molecule has 4 nitrogen and oxygen atoms in total. The van der Waals surface area contributed by atoms with Crippen molar-refractivity contribution in [2.75, 3.05) is 13.2 Å². The van der Waals surface area contributed by atoms with Crippen molar-refractivity contribution in [3.63, 3.8) is 0 Å². The highest BCUT2D eigenvalue weighted by Gasteiger charge is 1.99. The second-order valence-electron chi connectivity index (χ2n) is 2.66. The number of aromatic nitrogens is 2. The molecular formula is C8H15N3O. The molecule has 3 N–H and O–H groups in total. The van der Waals surface area contributed by atoms with Gasteiger partial charge in [-0.15, -0.1) is 0 Å². The molecule has 0 amide bonds. The maximum absolute atomic E-state index is 8.70. The highest BCUT2D eigenvalue weighted by Crippen LogP contribution is 2.01. The van der Waals surface area contributed by atoms with Crippen LogP contribution in [0.1, 0.15) is 12.1 Å². The molecule has 0 fully saturated rings. The lowest BCUT2D eigenvalue weighted by Gasteiger charge is -2.03. The van der Waals surface area contributed by atoms with E-state index >= 15 is 0 Å². The zero-order valence-corrected chi connectivity index (χ0v) is 7.11. The molecular weight excluding hydrogens is 154 g/mol. The molecule has 1 heterocycles. The van der Waals surface area contributed by atoms with Crippen LogP contribution in [0.2, 0.25) is 0 Å². The number of nitrogens with zero attached hydrogens (tertiary/aromatic N) is 2. The van der Waals surface area contributed by atoms with E-state index < -0.39 is 0 Å². The van der Waals surface area contributed by atoms with Crippen molar-refractivity contribution in [3.8, 4) is 0 Å². The van der Waals surface area contributed by atoms with Crippen LogP contribution in [-0.4, -0.2) is 28.0 Å². The largest absolute Gasteiger partial charge is 0.394 e. The quantitative estimate of drug-likeness (QED) is 0.639. The fourth-order valence-corrected chi connectivity index (χ4v) is 1.15. The fraction of sp³-hybridized carbons (Fsp3) is 0.625. The number of hydrogen-bond donors (Lipinski definition) is 2. The summed E-state index contributed by atoms with van der Waals surface area (Å²) in [5.74, 6) is 0. The second-order valence-corrected chi connectivity index (χ2v) is 2.66. The van der Waals surface area contributed by atoms with E-state index in [1.165, 1.54) is 0 Å². The minimum absolute atomic E-state index is 0.136. The standard InChI is InChI=1S/C8H15N3O/c9-4-1-2-8-3-5-10-11(8)6-7-12/h3,5,12H,1-2,4,6-7,9H2. The first-order chi connectivity index (χ1) is 5.88. The first-order valence-corrected chi connectivity index (χ1v) is 4.20. The minimum atomic E-state index is 0.136. The van der Waals surface area contributed by atoms with Crippen LogP contribution in [-0.2, 0) is 13.0 Å². The lowest BCUT2D eigenvalue weighted by atomic mass is 10.2. The third kappa shape index (κ3) is 2.32. The molecule has 0 saturated carbocycles. The Balaban J connectivity index is 2.51. The summed E-state index contributed by atoms with van der Waals surface area (Å²) in [6.45, 7) is 1.41. The number of nitrogens with two attached hydrogens (primary N) is 1. The van der Waals surface area contributed by atoms with Gasteiger partial charge in [0.25, 0.3) is 0 Å². The molecule has 0 bridgehead atoms. The van der Waals surface area contributed by atoms with E-state index in [9.17, 15) is 0 Å². The fourth-order valence-electron chi connectivity index (χ4n) is 1.15. The summed E-state index contributed by atoms with van der Waals surface area (Å²) in [7, 11) is 0. The molecule has 0 aliphatic carbocycles. The van der Waals surface area contributed by atoms with E-state index in [-0.39, 0.29) is 6.61 Å². The molecule has 1 aromatic heterocycles. The molecule has 0 spiro atoms. The van der Waals surface area contributed by atoms with E-state index in [1.54, 1.807) is 6.20 Å². The summed E-state index contributed by atoms with van der Waals surface area (Å²) in [6.07, 6.45) is 3.66. The average Bonchev–Trinajstić information content (AvgIpc) is 2.50. The van der Waals surface area contributed by atoms with Gasteiger partial charge in [0.1, 0.15) is 0 Å². The van der Waals surface area contributed by atoms with E-state index in [2.05, 4.69) is 5.10 Å². The summed E-state index contributed by atoms with van der Waals surface area (Å²) in [4.78, 5) is 0. The molecule has 0 aliphatic heterocycles. The Morgan fingerprint density at radius 2 is 2.42 bits per heavy atom. The number of hydrogen-bond acceptors (Lipinski definition) is 3. The Morgan fingerprint density at radius 1 is 1.58 bits per heavy atom. The third-order valence-corrected chi connectivity index (χ3v) is 1.75. The molecule has 0 saturated heterocycles. The van der Waals surface area contributed by atoms with Crippen molar-refractivity contribution in [1.29, 1.82) is 0 Å².